The third kappa shape index (κ3) is 5.41. The lowest BCUT2D eigenvalue weighted by atomic mass is 10.1. The molecular weight excluding hydrogens is 397 g/mol. The van der Waals surface area contributed by atoms with Gasteiger partial charge in [-0.3, -0.25) is 9.63 Å². The molecule has 3 N–H and O–H groups in total. The number of ether oxygens (including phenoxy) is 1. The number of benzene rings is 1. The van der Waals surface area contributed by atoms with Gasteiger partial charge in [0.05, 0.1) is 37.8 Å². The van der Waals surface area contributed by atoms with Gasteiger partial charge >= 0.3 is 0 Å². The van der Waals surface area contributed by atoms with Gasteiger partial charge in [0.25, 0.3) is 5.91 Å². The maximum Gasteiger partial charge on any atom is 0.278 e. The number of nitrogens with zero attached hydrogens (tertiary/aromatic N) is 1. The highest BCUT2D eigenvalue weighted by atomic mass is 32.1. The Labute approximate surface area is 172 Å². The number of hydrogen-bond donors (Lipinski definition) is 3. The van der Waals surface area contributed by atoms with E-state index in [0.29, 0.717) is 21.0 Å². The molecule has 3 aromatic rings. The van der Waals surface area contributed by atoms with Gasteiger partial charge in [-0.15, -0.1) is 0 Å². The number of aryl methyl sites for hydroxylation is 1. The molecule has 0 aliphatic rings. The molecule has 9 heteroatoms. The molecule has 0 saturated heterocycles. The molecule has 0 atom stereocenters. The quantitative estimate of drug-likeness (QED) is 0.392. The Hall–Kier alpha value is -2.75. The van der Waals surface area contributed by atoms with Gasteiger partial charge < -0.3 is 15.2 Å². The van der Waals surface area contributed by atoms with Crippen LogP contribution in [0.5, 0.6) is 5.75 Å². The predicted molar refractivity (Wildman–Crippen MR) is 112 cm³/mol. The molecule has 0 unspecified atom stereocenters. The van der Waals surface area contributed by atoms with E-state index in [2.05, 4.69) is 15.8 Å². The highest BCUT2D eigenvalue weighted by molar-refractivity contribution is 7.23. The smallest absolute Gasteiger partial charge is 0.278 e. The summed E-state index contributed by atoms with van der Waals surface area (Å²) in [6.07, 6.45) is 1.54. The van der Waals surface area contributed by atoms with Crippen LogP contribution in [0.2, 0.25) is 0 Å². The van der Waals surface area contributed by atoms with E-state index in [1.165, 1.54) is 24.5 Å². The average molecular weight is 421 g/mol. The van der Waals surface area contributed by atoms with E-state index in [-0.39, 0.29) is 24.5 Å². The van der Waals surface area contributed by atoms with Crippen molar-refractivity contribution in [2.45, 2.75) is 20.8 Å². The summed E-state index contributed by atoms with van der Waals surface area (Å²) >= 11 is 1.21. The number of carbonyl (C=O) groups excluding carboxylic acids is 1. The fourth-order valence-electron chi connectivity index (χ4n) is 2.45. The molecule has 0 spiro atoms. The second-order valence-corrected chi connectivity index (χ2v) is 6.64. The van der Waals surface area contributed by atoms with Crippen LogP contribution in [-0.2, 0) is 4.84 Å². The molecule has 0 bridgehead atoms. The van der Waals surface area contributed by atoms with E-state index >= 15 is 0 Å². The second-order valence-electron chi connectivity index (χ2n) is 5.65. The third-order valence-corrected chi connectivity index (χ3v) is 4.74. The lowest BCUT2D eigenvalue weighted by molar-refractivity contribution is 0.0170. The zero-order valence-corrected chi connectivity index (χ0v) is 17.5. The molecule has 0 radical (unpaired) electrons. The van der Waals surface area contributed by atoms with Gasteiger partial charge in [-0.2, -0.15) is 0 Å². The molecule has 156 valence electrons. The van der Waals surface area contributed by atoms with Crippen LogP contribution < -0.4 is 15.5 Å². The molecule has 1 amide bonds. The highest BCUT2D eigenvalue weighted by Crippen LogP contribution is 2.38. The van der Waals surface area contributed by atoms with Crippen LogP contribution >= 0.6 is 11.3 Å². The van der Waals surface area contributed by atoms with Crippen molar-refractivity contribution in [1.82, 2.24) is 10.5 Å². The topological polar surface area (TPSA) is 92.7 Å². The number of methoxy groups -OCH3 is 1. The largest absolute Gasteiger partial charge is 0.495 e. The van der Waals surface area contributed by atoms with Gasteiger partial charge in [0.1, 0.15) is 21.4 Å². The van der Waals surface area contributed by atoms with Crippen LogP contribution in [0.3, 0.4) is 0 Å². The summed E-state index contributed by atoms with van der Waals surface area (Å²) < 4.78 is 19.4. The van der Waals surface area contributed by atoms with Crippen LogP contribution in [-0.4, -0.2) is 36.3 Å². The van der Waals surface area contributed by atoms with Crippen molar-refractivity contribution in [1.29, 1.82) is 0 Å². The highest BCUT2D eigenvalue weighted by Gasteiger charge is 2.22. The Morgan fingerprint density at radius 3 is 2.72 bits per heavy atom. The second kappa shape index (κ2) is 10.7. The van der Waals surface area contributed by atoms with E-state index in [9.17, 15) is 9.18 Å². The Kier molecular flexibility index (Phi) is 8.32. The molecule has 7 nitrogen and oxygen atoms in total. The van der Waals surface area contributed by atoms with Crippen molar-refractivity contribution in [3.63, 3.8) is 0 Å². The molecule has 0 saturated carbocycles. The van der Waals surface area contributed by atoms with Gasteiger partial charge in [0.15, 0.2) is 0 Å². The first kappa shape index (κ1) is 22.5. The number of nitrogens with one attached hydrogen (secondary N) is 2. The van der Waals surface area contributed by atoms with Crippen LogP contribution in [0, 0.1) is 12.7 Å². The van der Waals surface area contributed by atoms with Crippen molar-refractivity contribution in [2.75, 3.05) is 25.6 Å². The number of halogens is 1. The Balaban J connectivity index is 0.00000145. The first-order valence-corrected chi connectivity index (χ1v) is 9.88. The normalized spacial score (nSPS) is 10.3. The van der Waals surface area contributed by atoms with Crippen molar-refractivity contribution in [3.05, 3.63) is 47.4 Å². The number of aliphatic hydroxyl groups excluding tert-OH is 1. The van der Waals surface area contributed by atoms with Crippen molar-refractivity contribution in [3.8, 4) is 5.75 Å². The molecule has 2 aromatic heterocycles. The number of rotatable bonds is 7. The van der Waals surface area contributed by atoms with E-state index < -0.39 is 11.7 Å². The standard InChI is InChI=1S/C18H18FN3O4S.C2H6/c1-10-3-4-14(13(19)7-10)21-18-15(16(24)22-26-6-5-23)12-8-11(25-2)9-20-17(12)27-18;1-2/h3-4,7-9,21,23H,5-6H2,1-2H3,(H,22,24);1-2H3. The maximum absolute atomic E-state index is 14.2. The van der Waals surface area contributed by atoms with Crippen LogP contribution in [0.25, 0.3) is 10.2 Å². The summed E-state index contributed by atoms with van der Waals surface area (Å²) in [4.78, 5) is 22.4. The molecule has 0 aliphatic carbocycles. The van der Waals surface area contributed by atoms with Crippen LogP contribution in [0.1, 0.15) is 29.8 Å². The molecule has 3 rings (SSSR count). The summed E-state index contributed by atoms with van der Waals surface area (Å²) in [5.74, 6) is -0.487. The molecule has 0 fully saturated rings. The molecule has 0 aliphatic heterocycles. The minimum absolute atomic E-state index is 0.0509. The van der Waals surface area contributed by atoms with E-state index in [4.69, 9.17) is 14.7 Å². The van der Waals surface area contributed by atoms with Crippen LogP contribution in [0.4, 0.5) is 15.1 Å². The van der Waals surface area contributed by atoms with E-state index in [1.807, 2.05) is 13.8 Å². The summed E-state index contributed by atoms with van der Waals surface area (Å²) in [6, 6.07) is 6.45. The number of aromatic nitrogens is 1. The minimum atomic E-state index is -0.542. The number of hydroxylamine groups is 1. The van der Waals surface area contributed by atoms with Gasteiger partial charge in [-0.05, 0) is 30.7 Å². The lowest BCUT2D eigenvalue weighted by Gasteiger charge is -2.10. The van der Waals surface area contributed by atoms with Crippen molar-refractivity contribution in [2.24, 2.45) is 0 Å². The average Bonchev–Trinajstić information content (AvgIpc) is 3.08. The zero-order chi connectivity index (χ0) is 21.4. The van der Waals surface area contributed by atoms with Crippen molar-refractivity contribution >= 4 is 38.1 Å². The Morgan fingerprint density at radius 1 is 1.31 bits per heavy atom. The number of fused-ring (bicyclic) bond motifs is 1. The minimum Gasteiger partial charge on any atom is -0.495 e. The lowest BCUT2D eigenvalue weighted by Crippen LogP contribution is -2.25. The number of hydrogen-bond acceptors (Lipinski definition) is 7. The number of anilines is 2. The SMILES string of the molecule is CC.COc1cnc2sc(Nc3ccc(C)cc3F)c(C(=O)NOCCO)c2c1. The maximum atomic E-state index is 14.2. The Bertz CT molecular complexity index is 978. The molecule has 29 heavy (non-hydrogen) atoms. The number of amides is 1. The fourth-order valence-corrected chi connectivity index (χ4v) is 3.48. The first-order valence-electron chi connectivity index (χ1n) is 9.06. The number of pyridine rings is 1. The predicted octanol–water partition coefficient (Wildman–Crippen LogP) is 4.18. The zero-order valence-electron chi connectivity index (χ0n) is 16.7. The van der Waals surface area contributed by atoms with Gasteiger partial charge in [-0.25, -0.2) is 14.9 Å². The number of aliphatic hydroxyl groups is 1. The third-order valence-electron chi connectivity index (χ3n) is 3.71. The summed E-state index contributed by atoms with van der Waals surface area (Å²) in [7, 11) is 1.50. The first-order chi connectivity index (χ1) is 14.0. The molecule has 2 heterocycles. The fraction of sp³-hybridized carbons (Fsp3) is 0.300. The molecular formula is C20H24FN3O4S. The van der Waals surface area contributed by atoms with Gasteiger partial charge in [0.2, 0.25) is 0 Å². The van der Waals surface area contributed by atoms with Crippen molar-refractivity contribution < 1.29 is 23.9 Å². The Morgan fingerprint density at radius 2 is 2.07 bits per heavy atom. The monoisotopic (exact) mass is 421 g/mol. The summed E-state index contributed by atoms with van der Waals surface area (Å²) in [5, 5.41) is 12.7. The summed E-state index contributed by atoms with van der Waals surface area (Å²) in [5.41, 5.74) is 3.55. The van der Waals surface area contributed by atoms with E-state index in [1.54, 1.807) is 31.3 Å². The van der Waals surface area contributed by atoms with Gasteiger partial charge in [-0.1, -0.05) is 31.3 Å². The number of thiophene rings is 1. The molecule has 1 aromatic carbocycles. The summed E-state index contributed by atoms with van der Waals surface area (Å²) in [6.45, 7) is 5.50. The van der Waals surface area contributed by atoms with Crippen LogP contribution in [0.15, 0.2) is 30.5 Å². The van der Waals surface area contributed by atoms with E-state index in [0.717, 1.165) is 5.56 Å². The number of carbonyl (C=O) groups is 1. The van der Waals surface area contributed by atoms with Gasteiger partial charge in [0, 0.05) is 5.39 Å².